The summed E-state index contributed by atoms with van der Waals surface area (Å²) in [5, 5.41) is 3.46. The molecule has 0 atom stereocenters. The van der Waals surface area contributed by atoms with Gasteiger partial charge in [-0.25, -0.2) is 4.98 Å². The van der Waals surface area contributed by atoms with Crippen LogP contribution < -0.4 is 24.8 Å². The number of anilines is 5. The lowest BCUT2D eigenvalue weighted by atomic mass is 9.98. The molecule has 4 rings (SSSR count). The van der Waals surface area contributed by atoms with Crippen LogP contribution in [0.4, 0.5) is 28.8 Å². The van der Waals surface area contributed by atoms with Crippen molar-refractivity contribution in [2.75, 3.05) is 73.9 Å². The number of hydrogen-bond acceptors (Lipinski definition) is 8. The Morgan fingerprint density at radius 3 is 2.30 bits per heavy atom. The average molecular weight is 546 g/mol. The number of carbonyl (C=O) groups excluding carboxylic acids is 1. The van der Waals surface area contributed by atoms with Crippen molar-refractivity contribution in [3.63, 3.8) is 0 Å². The van der Waals surface area contributed by atoms with Crippen LogP contribution in [0, 0.1) is 6.92 Å². The van der Waals surface area contributed by atoms with Crippen LogP contribution in [-0.2, 0) is 0 Å². The van der Waals surface area contributed by atoms with E-state index in [1.165, 1.54) is 5.69 Å². The van der Waals surface area contributed by atoms with Gasteiger partial charge < -0.3 is 29.7 Å². The number of benzene rings is 2. The number of methoxy groups -OCH3 is 1. The zero-order chi connectivity index (χ0) is 29.0. The van der Waals surface area contributed by atoms with Crippen molar-refractivity contribution in [1.82, 2.24) is 14.9 Å². The predicted octanol–water partition coefficient (Wildman–Crippen LogP) is 5.19. The topological polar surface area (TPSA) is 77.1 Å². The Morgan fingerprint density at radius 1 is 1.02 bits per heavy atom. The third-order valence-corrected chi connectivity index (χ3v) is 7.51. The monoisotopic (exact) mass is 545 g/mol. The van der Waals surface area contributed by atoms with E-state index < -0.39 is 0 Å². The summed E-state index contributed by atoms with van der Waals surface area (Å²) in [6.45, 7) is 15.0. The Kier molecular flexibility index (Phi) is 8.71. The molecule has 214 valence electrons. The van der Waals surface area contributed by atoms with Gasteiger partial charge in [-0.2, -0.15) is 4.98 Å². The minimum absolute atomic E-state index is 0.156. The molecule has 1 aliphatic rings. The summed E-state index contributed by atoms with van der Waals surface area (Å²) in [7, 11) is 5.16. The molecular weight excluding hydrogens is 502 g/mol. The summed E-state index contributed by atoms with van der Waals surface area (Å²) in [5.74, 6) is 1.84. The second kappa shape index (κ2) is 12.0. The van der Waals surface area contributed by atoms with Gasteiger partial charge in [0.1, 0.15) is 17.3 Å². The molecule has 2 aromatic carbocycles. The molecular formula is C31H43N7O2. The lowest BCUT2D eigenvalue weighted by molar-refractivity contribution is 0.0822. The van der Waals surface area contributed by atoms with Crippen molar-refractivity contribution in [2.24, 2.45) is 0 Å². The Hall–Kier alpha value is -4.01. The Bertz CT molecular complexity index is 1320. The van der Waals surface area contributed by atoms with E-state index in [1.54, 1.807) is 32.2 Å². The maximum absolute atomic E-state index is 13.0. The van der Waals surface area contributed by atoms with Gasteiger partial charge in [0.2, 0.25) is 5.95 Å². The van der Waals surface area contributed by atoms with Gasteiger partial charge in [0.05, 0.1) is 12.6 Å². The molecule has 1 N–H and O–H groups in total. The fraction of sp³-hybridized carbons (Fsp3) is 0.452. The van der Waals surface area contributed by atoms with Crippen LogP contribution in [0.2, 0.25) is 0 Å². The molecule has 1 saturated heterocycles. The third kappa shape index (κ3) is 6.24. The number of nitrogens with zero attached hydrogens (tertiary/aromatic N) is 6. The maximum Gasteiger partial charge on any atom is 0.272 e. The van der Waals surface area contributed by atoms with Gasteiger partial charge in [0.15, 0.2) is 0 Å². The number of aryl methyl sites for hydroxylation is 1. The molecule has 1 fully saturated rings. The lowest BCUT2D eigenvalue weighted by Crippen LogP contribution is -2.60. The number of rotatable bonds is 9. The summed E-state index contributed by atoms with van der Waals surface area (Å²) < 4.78 is 5.34. The van der Waals surface area contributed by atoms with E-state index in [2.05, 4.69) is 85.0 Å². The van der Waals surface area contributed by atoms with Crippen molar-refractivity contribution in [3.05, 3.63) is 59.8 Å². The number of piperazine rings is 1. The number of ether oxygens (including phenoxy) is 1. The largest absolute Gasteiger partial charge is 0.497 e. The molecule has 1 aliphatic heterocycles. The maximum atomic E-state index is 13.0. The highest BCUT2D eigenvalue weighted by Crippen LogP contribution is 2.32. The van der Waals surface area contributed by atoms with E-state index in [9.17, 15) is 4.79 Å². The highest BCUT2D eigenvalue weighted by Gasteiger charge is 2.35. The average Bonchev–Trinajstić information content (AvgIpc) is 2.94. The van der Waals surface area contributed by atoms with Crippen molar-refractivity contribution in [2.45, 2.75) is 40.2 Å². The fourth-order valence-electron chi connectivity index (χ4n) is 5.26. The van der Waals surface area contributed by atoms with Crippen LogP contribution in [0.3, 0.4) is 0 Å². The van der Waals surface area contributed by atoms with Crippen molar-refractivity contribution >= 4 is 34.7 Å². The zero-order valence-electron chi connectivity index (χ0n) is 25.2. The normalized spacial score (nSPS) is 14.6. The summed E-state index contributed by atoms with van der Waals surface area (Å²) in [5.41, 5.74) is 4.58. The minimum atomic E-state index is -0.192. The molecule has 3 aromatic rings. The second-order valence-corrected chi connectivity index (χ2v) is 11.0. The van der Waals surface area contributed by atoms with E-state index in [1.807, 2.05) is 12.1 Å². The Morgan fingerprint density at radius 2 is 1.73 bits per heavy atom. The van der Waals surface area contributed by atoms with Gasteiger partial charge in [-0.15, -0.1) is 0 Å². The number of amides is 1. The van der Waals surface area contributed by atoms with Gasteiger partial charge in [0, 0.05) is 69.9 Å². The SMILES string of the molecule is CCN(CC)c1ccc(Nc2cc(C(=O)N(C)C)nc(N3CCN(c4ccc(OC)cc4)C(C)(C)C3)n2)c(C)c1. The van der Waals surface area contributed by atoms with Crippen LogP contribution in [0.15, 0.2) is 48.5 Å². The molecule has 1 amide bonds. The van der Waals surface area contributed by atoms with Crippen LogP contribution >= 0.6 is 0 Å². The van der Waals surface area contributed by atoms with Crippen LogP contribution in [0.1, 0.15) is 43.7 Å². The molecule has 40 heavy (non-hydrogen) atoms. The molecule has 0 spiro atoms. The standard InChI is InChI=1S/C31H43N7O2/c1-9-36(10-2)24-13-16-26(22(3)19-24)32-28-20-27(29(39)35(6)7)33-30(34-28)37-17-18-38(31(4,5)21-37)23-11-14-25(40-8)15-12-23/h11-16,19-20H,9-10,17-18,21H2,1-8H3,(H,32,33,34). The first-order valence-electron chi connectivity index (χ1n) is 14.0. The van der Waals surface area contributed by atoms with Crippen molar-refractivity contribution in [1.29, 1.82) is 0 Å². The predicted molar refractivity (Wildman–Crippen MR) is 165 cm³/mol. The molecule has 9 heteroatoms. The highest BCUT2D eigenvalue weighted by atomic mass is 16.5. The van der Waals surface area contributed by atoms with E-state index in [-0.39, 0.29) is 11.4 Å². The minimum Gasteiger partial charge on any atom is -0.497 e. The number of carbonyl (C=O) groups is 1. The summed E-state index contributed by atoms with van der Waals surface area (Å²) in [6.07, 6.45) is 0. The van der Waals surface area contributed by atoms with Gasteiger partial charge >= 0.3 is 0 Å². The van der Waals surface area contributed by atoms with Crippen LogP contribution in [0.25, 0.3) is 0 Å². The molecule has 0 unspecified atom stereocenters. The van der Waals surface area contributed by atoms with E-state index in [0.29, 0.717) is 24.0 Å². The van der Waals surface area contributed by atoms with Gasteiger partial charge in [-0.3, -0.25) is 4.79 Å². The van der Waals surface area contributed by atoms with Gasteiger partial charge in [0.25, 0.3) is 5.91 Å². The second-order valence-electron chi connectivity index (χ2n) is 11.0. The van der Waals surface area contributed by atoms with E-state index in [4.69, 9.17) is 14.7 Å². The molecule has 0 bridgehead atoms. The van der Waals surface area contributed by atoms with Crippen molar-refractivity contribution in [3.8, 4) is 5.75 Å². The zero-order valence-corrected chi connectivity index (χ0v) is 25.2. The number of nitrogens with one attached hydrogen (secondary N) is 1. The van der Waals surface area contributed by atoms with E-state index in [0.717, 1.165) is 48.9 Å². The first-order chi connectivity index (χ1) is 19.1. The fourth-order valence-corrected chi connectivity index (χ4v) is 5.26. The smallest absolute Gasteiger partial charge is 0.272 e. The Labute approximate surface area is 238 Å². The summed E-state index contributed by atoms with van der Waals surface area (Å²) >= 11 is 0. The third-order valence-electron chi connectivity index (χ3n) is 7.51. The number of hydrogen-bond donors (Lipinski definition) is 1. The summed E-state index contributed by atoms with van der Waals surface area (Å²) in [6, 6.07) is 16.3. The molecule has 1 aromatic heterocycles. The summed E-state index contributed by atoms with van der Waals surface area (Å²) in [4.78, 5) is 31.1. The van der Waals surface area contributed by atoms with Gasteiger partial charge in [-0.05, 0) is 82.6 Å². The Balaban J connectivity index is 1.62. The number of aromatic nitrogens is 2. The van der Waals surface area contributed by atoms with E-state index >= 15 is 0 Å². The molecule has 0 aliphatic carbocycles. The van der Waals surface area contributed by atoms with Gasteiger partial charge in [-0.1, -0.05) is 0 Å². The molecule has 0 radical (unpaired) electrons. The van der Waals surface area contributed by atoms with Crippen LogP contribution in [0.5, 0.6) is 5.75 Å². The first kappa shape index (κ1) is 29.0. The van der Waals surface area contributed by atoms with Crippen molar-refractivity contribution < 1.29 is 9.53 Å². The lowest BCUT2D eigenvalue weighted by Gasteiger charge is -2.48. The first-order valence-corrected chi connectivity index (χ1v) is 14.0. The molecule has 2 heterocycles. The van der Waals surface area contributed by atoms with Crippen LogP contribution in [-0.4, -0.2) is 80.2 Å². The quantitative estimate of drug-likeness (QED) is 0.394. The highest BCUT2D eigenvalue weighted by molar-refractivity contribution is 5.93. The molecule has 0 saturated carbocycles. The molecule has 9 nitrogen and oxygen atoms in total.